The maximum atomic E-state index is 11.9. The Morgan fingerprint density at radius 3 is 2.29 bits per heavy atom. The van der Waals surface area contributed by atoms with Gasteiger partial charge in [-0.05, 0) is 37.1 Å². The van der Waals surface area contributed by atoms with Gasteiger partial charge in [-0.2, -0.15) is 0 Å². The van der Waals surface area contributed by atoms with Gasteiger partial charge in [-0.1, -0.05) is 12.8 Å². The van der Waals surface area contributed by atoms with Crippen molar-refractivity contribution in [3.05, 3.63) is 29.8 Å². The normalized spacial score (nSPS) is 17.1. The topological polar surface area (TPSA) is 43.1 Å². The third-order valence-electron chi connectivity index (χ3n) is 2.92. The van der Waals surface area contributed by atoms with Crippen LogP contribution in [0.25, 0.3) is 0 Å². The van der Waals surface area contributed by atoms with E-state index in [1.165, 1.54) is 12.8 Å². The third kappa shape index (κ3) is 1.79. The van der Waals surface area contributed by atoms with Crippen LogP contribution in [0.15, 0.2) is 24.3 Å². The smallest absolute Gasteiger partial charge is 0.165 e. The van der Waals surface area contributed by atoms with E-state index in [0.29, 0.717) is 11.5 Å². The fraction of sp³-hybridized carbons (Fsp3) is 0.417. The number of ketones is 1. The van der Waals surface area contributed by atoms with Gasteiger partial charge in [0.15, 0.2) is 5.78 Å². The molecule has 2 heteroatoms. The van der Waals surface area contributed by atoms with Gasteiger partial charge in [0, 0.05) is 17.2 Å². The molecule has 1 saturated carbocycles. The number of hydrogen-bond donors (Lipinski definition) is 1. The molecule has 0 bridgehead atoms. The minimum Gasteiger partial charge on any atom is -0.399 e. The van der Waals surface area contributed by atoms with Gasteiger partial charge in [0.2, 0.25) is 0 Å². The van der Waals surface area contributed by atoms with Crippen molar-refractivity contribution in [3.63, 3.8) is 0 Å². The van der Waals surface area contributed by atoms with E-state index >= 15 is 0 Å². The molecule has 14 heavy (non-hydrogen) atoms. The van der Waals surface area contributed by atoms with Gasteiger partial charge in [0.05, 0.1) is 0 Å². The zero-order chi connectivity index (χ0) is 9.97. The van der Waals surface area contributed by atoms with Crippen molar-refractivity contribution >= 4 is 11.5 Å². The first kappa shape index (κ1) is 9.25. The Kier molecular flexibility index (Phi) is 2.53. The molecule has 1 aromatic carbocycles. The zero-order valence-corrected chi connectivity index (χ0v) is 8.20. The van der Waals surface area contributed by atoms with E-state index in [2.05, 4.69) is 0 Å². The van der Waals surface area contributed by atoms with Crippen LogP contribution in [0.2, 0.25) is 0 Å². The number of hydrogen-bond acceptors (Lipinski definition) is 2. The Morgan fingerprint density at radius 1 is 1.14 bits per heavy atom. The Bertz CT molecular complexity index is 323. The molecule has 1 aliphatic rings. The summed E-state index contributed by atoms with van der Waals surface area (Å²) in [6, 6.07) is 7.25. The summed E-state index contributed by atoms with van der Waals surface area (Å²) >= 11 is 0. The summed E-state index contributed by atoms with van der Waals surface area (Å²) in [6.45, 7) is 0. The third-order valence-corrected chi connectivity index (χ3v) is 2.92. The van der Waals surface area contributed by atoms with E-state index in [9.17, 15) is 4.79 Å². The van der Waals surface area contributed by atoms with Crippen molar-refractivity contribution in [3.8, 4) is 0 Å². The van der Waals surface area contributed by atoms with Crippen LogP contribution in [-0.4, -0.2) is 5.78 Å². The Morgan fingerprint density at radius 2 is 1.71 bits per heavy atom. The van der Waals surface area contributed by atoms with Crippen molar-refractivity contribution in [1.29, 1.82) is 0 Å². The van der Waals surface area contributed by atoms with Gasteiger partial charge in [0.25, 0.3) is 0 Å². The summed E-state index contributed by atoms with van der Waals surface area (Å²) in [4.78, 5) is 11.9. The lowest BCUT2D eigenvalue weighted by Gasteiger charge is -2.07. The maximum absolute atomic E-state index is 11.9. The predicted octanol–water partition coefficient (Wildman–Crippen LogP) is 2.64. The first-order valence-electron chi connectivity index (χ1n) is 5.17. The minimum absolute atomic E-state index is 0.263. The van der Waals surface area contributed by atoms with E-state index in [1.54, 1.807) is 12.1 Å². The van der Waals surface area contributed by atoms with Gasteiger partial charge in [-0.25, -0.2) is 0 Å². The molecule has 0 spiro atoms. The zero-order valence-electron chi connectivity index (χ0n) is 8.20. The van der Waals surface area contributed by atoms with Crippen molar-refractivity contribution in [2.24, 2.45) is 5.92 Å². The van der Waals surface area contributed by atoms with Crippen LogP contribution >= 0.6 is 0 Å². The number of nitrogen functional groups attached to an aromatic ring is 1. The van der Waals surface area contributed by atoms with Crippen LogP contribution in [-0.2, 0) is 0 Å². The van der Waals surface area contributed by atoms with Crippen LogP contribution in [0.5, 0.6) is 0 Å². The fourth-order valence-corrected chi connectivity index (χ4v) is 2.07. The van der Waals surface area contributed by atoms with Crippen LogP contribution in [0.4, 0.5) is 5.69 Å². The molecule has 0 saturated heterocycles. The summed E-state index contributed by atoms with van der Waals surface area (Å²) in [5.74, 6) is 0.557. The number of rotatable bonds is 2. The molecule has 1 fully saturated rings. The highest BCUT2D eigenvalue weighted by Gasteiger charge is 2.23. The van der Waals surface area contributed by atoms with E-state index < -0.39 is 0 Å². The minimum atomic E-state index is 0.263. The van der Waals surface area contributed by atoms with Gasteiger partial charge < -0.3 is 5.73 Å². The lowest BCUT2D eigenvalue weighted by Crippen LogP contribution is -2.10. The van der Waals surface area contributed by atoms with E-state index in [4.69, 9.17) is 5.73 Å². The van der Waals surface area contributed by atoms with E-state index in [1.807, 2.05) is 12.1 Å². The van der Waals surface area contributed by atoms with E-state index in [0.717, 1.165) is 18.4 Å². The lowest BCUT2D eigenvalue weighted by molar-refractivity contribution is 0.0923. The monoisotopic (exact) mass is 189 g/mol. The average Bonchev–Trinajstić information content (AvgIpc) is 2.71. The SMILES string of the molecule is Nc1ccc(C(=O)C2CCCC2)cc1. The molecule has 1 aromatic rings. The summed E-state index contributed by atoms with van der Waals surface area (Å²) < 4.78 is 0. The van der Waals surface area contributed by atoms with Crippen molar-refractivity contribution in [1.82, 2.24) is 0 Å². The highest BCUT2D eigenvalue weighted by atomic mass is 16.1. The van der Waals surface area contributed by atoms with Crippen LogP contribution < -0.4 is 5.73 Å². The van der Waals surface area contributed by atoms with Gasteiger partial charge in [-0.3, -0.25) is 4.79 Å². The van der Waals surface area contributed by atoms with Crippen molar-refractivity contribution in [2.45, 2.75) is 25.7 Å². The van der Waals surface area contributed by atoms with E-state index in [-0.39, 0.29) is 5.92 Å². The second-order valence-electron chi connectivity index (χ2n) is 3.97. The molecule has 2 nitrogen and oxygen atoms in total. The predicted molar refractivity (Wildman–Crippen MR) is 57.1 cm³/mol. The van der Waals surface area contributed by atoms with Crippen LogP contribution in [0.3, 0.4) is 0 Å². The first-order chi connectivity index (χ1) is 6.77. The highest BCUT2D eigenvalue weighted by Crippen LogP contribution is 2.28. The Labute approximate surface area is 84.1 Å². The number of anilines is 1. The highest BCUT2D eigenvalue weighted by molar-refractivity contribution is 5.98. The number of carbonyl (C=O) groups is 1. The Balaban J connectivity index is 2.14. The lowest BCUT2D eigenvalue weighted by atomic mass is 9.96. The molecule has 2 N–H and O–H groups in total. The number of nitrogens with two attached hydrogens (primary N) is 1. The van der Waals surface area contributed by atoms with Gasteiger partial charge >= 0.3 is 0 Å². The quantitative estimate of drug-likeness (QED) is 0.574. The molecule has 2 rings (SSSR count). The molecule has 74 valence electrons. The summed E-state index contributed by atoms with van der Waals surface area (Å²) in [6.07, 6.45) is 4.52. The van der Waals surface area contributed by atoms with Crippen LogP contribution in [0, 0.1) is 5.92 Å². The molecule has 0 radical (unpaired) electrons. The van der Waals surface area contributed by atoms with Gasteiger partial charge in [0.1, 0.15) is 0 Å². The standard InChI is InChI=1S/C12H15NO/c13-11-7-5-10(6-8-11)12(14)9-3-1-2-4-9/h5-9H,1-4,13H2. The largest absolute Gasteiger partial charge is 0.399 e. The molecular formula is C12H15NO. The molecule has 1 aliphatic carbocycles. The van der Waals surface area contributed by atoms with Crippen molar-refractivity contribution in [2.75, 3.05) is 5.73 Å². The summed E-state index contributed by atoms with van der Waals surface area (Å²) in [7, 11) is 0. The summed E-state index contributed by atoms with van der Waals surface area (Å²) in [5.41, 5.74) is 7.10. The molecule has 0 aromatic heterocycles. The number of carbonyl (C=O) groups excluding carboxylic acids is 1. The second kappa shape index (κ2) is 3.82. The first-order valence-corrected chi connectivity index (χ1v) is 5.17. The molecule has 0 unspecified atom stereocenters. The molecule has 0 amide bonds. The fourth-order valence-electron chi connectivity index (χ4n) is 2.07. The summed E-state index contributed by atoms with van der Waals surface area (Å²) in [5, 5.41) is 0. The maximum Gasteiger partial charge on any atom is 0.165 e. The van der Waals surface area contributed by atoms with Crippen LogP contribution in [0.1, 0.15) is 36.0 Å². The van der Waals surface area contributed by atoms with Crippen molar-refractivity contribution < 1.29 is 4.79 Å². The Hall–Kier alpha value is -1.31. The number of Topliss-reactive ketones (excluding diaryl/α,β-unsaturated/α-hetero) is 1. The molecular weight excluding hydrogens is 174 g/mol. The molecule has 0 atom stereocenters. The number of benzene rings is 1. The molecule has 0 heterocycles. The second-order valence-corrected chi connectivity index (χ2v) is 3.97. The average molecular weight is 189 g/mol. The molecule has 0 aliphatic heterocycles. The van der Waals surface area contributed by atoms with Gasteiger partial charge in [-0.15, -0.1) is 0 Å².